The van der Waals surface area contributed by atoms with E-state index in [1.807, 2.05) is 36.4 Å². The molecular weight excluding hydrogens is 488 g/mol. The second-order valence-electron chi connectivity index (χ2n) is 8.59. The van der Waals surface area contributed by atoms with E-state index >= 15 is 0 Å². The summed E-state index contributed by atoms with van der Waals surface area (Å²) in [4.78, 5) is 21.8. The van der Waals surface area contributed by atoms with Crippen molar-refractivity contribution in [2.24, 2.45) is 4.99 Å². The highest BCUT2D eigenvalue weighted by molar-refractivity contribution is 9.10. The van der Waals surface area contributed by atoms with Crippen molar-refractivity contribution in [2.45, 2.75) is 31.2 Å². The van der Waals surface area contributed by atoms with Crippen LogP contribution in [-0.4, -0.2) is 61.2 Å². The van der Waals surface area contributed by atoms with E-state index in [-0.39, 0.29) is 5.91 Å². The van der Waals surface area contributed by atoms with E-state index in [1.54, 1.807) is 18.3 Å². The Balaban J connectivity index is 1.41. The smallest absolute Gasteiger partial charge is 0.244 e. The van der Waals surface area contributed by atoms with Crippen LogP contribution in [-0.2, 0) is 20.9 Å². The largest absolute Gasteiger partial charge is 0.380 e. The molecule has 1 amide bonds. The molecule has 3 aliphatic rings. The number of carbonyl (C=O) groups is 1. The van der Waals surface area contributed by atoms with Crippen LogP contribution in [0.1, 0.15) is 30.2 Å². The van der Waals surface area contributed by atoms with Crippen LogP contribution in [0.2, 0.25) is 0 Å². The van der Waals surface area contributed by atoms with E-state index in [1.165, 1.54) is 0 Å². The summed E-state index contributed by atoms with van der Waals surface area (Å²) in [5.74, 6) is 0.00181. The zero-order valence-corrected chi connectivity index (χ0v) is 20.0. The highest BCUT2D eigenvalue weighted by Crippen LogP contribution is 2.44. The summed E-state index contributed by atoms with van der Waals surface area (Å²) < 4.78 is 11.7. The first-order valence-electron chi connectivity index (χ1n) is 11.1. The van der Waals surface area contributed by atoms with Gasteiger partial charge in [0.05, 0.1) is 31.8 Å². The van der Waals surface area contributed by atoms with Gasteiger partial charge >= 0.3 is 0 Å². The van der Waals surface area contributed by atoms with E-state index in [2.05, 4.69) is 31.1 Å². The number of halogens is 1. The van der Waals surface area contributed by atoms with Crippen LogP contribution in [0.25, 0.3) is 0 Å². The molecule has 2 N–H and O–H groups in total. The summed E-state index contributed by atoms with van der Waals surface area (Å²) in [6.07, 6.45) is 2.43. The van der Waals surface area contributed by atoms with Gasteiger partial charge in [-0.05, 0) is 37.1 Å². The summed E-state index contributed by atoms with van der Waals surface area (Å²) in [7, 11) is 1.63. The lowest BCUT2D eigenvalue weighted by atomic mass is 10.1. The minimum atomic E-state index is -0.884. The first-order chi connectivity index (χ1) is 16.0. The molecule has 1 aliphatic carbocycles. The van der Waals surface area contributed by atoms with Crippen molar-refractivity contribution in [2.75, 3.05) is 43.6 Å². The molecule has 1 saturated heterocycles. The second kappa shape index (κ2) is 9.15. The predicted molar refractivity (Wildman–Crippen MR) is 130 cm³/mol. The van der Waals surface area contributed by atoms with Crippen molar-refractivity contribution in [3.8, 4) is 0 Å². The number of aliphatic hydroxyl groups is 1. The van der Waals surface area contributed by atoms with Gasteiger partial charge in [0.25, 0.3) is 0 Å². The van der Waals surface area contributed by atoms with Crippen molar-refractivity contribution in [1.29, 1.82) is 0 Å². The Bertz CT molecular complexity index is 1080. The average Bonchev–Trinajstić information content (AvgIpc) is 3.63. The Morgan fingerprint density at radius 1 is 1.27 bits per heavy atom. The lowest BCUT2D eigenvalue weighted by molar-refractivity contribution is -0.124. The molecule has 1 saturated carbocycles. The number of aliphatic imine (C=N–C) groups is 1. The summed E-state index contributed by atoms with van der Waals surface area (Å²) in [5.41, 5.74) is 3.27. The number of carbonyl (C=O) groups excluding carboxylic acids is 1. The molecule has 1 atom stereocenters. The quantitative estimate of drug-likeness (QED) is 0.612. The lowest BCUT2D eigenvalue weighted by Crippen LogP contribution is -2.51. The van der Waals surface area contributed by atoms with Crippen molar-refractivity contribution in [3.63, 3.8) is 0 Å². The highest BCUT2D eigenvalue weighted by Gasteiger charge is 2.54. The number of nitrogens with one attached hydrogen (secondary N) is 1. The molecule has 2 heterocycles. The van der Waals surface area contributed by atoms with E-state index < -0.39 is 11.8 Å². The number of hydrogen-bond donors (Lipinski definition) is 2. The van der Waals surface area contributed by atoms with Crippen molar-refractivity contribution < 1.29 is 19.4 Å². The summed E-state index contributed by atoms with van der Waals surface area (Å²) in [6, 6.07) is 11.3. The van der Waals surface area contributed by atoms with Crippen molar-refractivity contribution in [3.05, 3.63) is 52.0 Å². The minimum Gasteiger partial charge on any atom is -0.380 e. The van der Waals surface area contributed by atoms with Gasteiger partial charge in [0, 0.05) is 47.2 Å². The van der Waals surface area contributed by atoms with Gasteiger partial charge in [-0.25, -0.2) is 4.99 Å². The number of anilines is 2. The first kappa shape index (κ1) is 22.5. The molecule has 0 aromatic heterocycles. The molecule has 2 aromatic rings. The third kappa shape index (κ3) is 4.31. The zero-order chi connectivity index (χ0) is 23.0. The third-order valence-corrected chi connectivity index (χ3v) is 7.05. The number of rotatable bonds is 6. The van der Waals surface area contributed by atoms with Crippen LogP contribution in [0, 0.1) is 0 Å². The van der Waals surface area contributed by atoms with Crippen LogP contribution in [0.3, 0.4) is 0 Å². The van der Waals surface area contributed by atoms with E-state index in [0.29, 0.717) is 25.5 Å². The zero-order valence-electron chi connectivity index (χ0n) is 18.5. The number of morpholine rings is 1. The van der Waals surface area contributed by atoms with Gasteiger partial charge < -0.3 is 24.8 Å². The number of hydrogen-bond acceptors (Lipinski definition) is 7. The second-order valence-corrected chi connectivity index (χ2v) is 9.50. The van der Waals surface area contributed by atoms with Gasteiger partial charge in [-0.1, -0.05) is 28.1 Å². The number of nitrogens with zero attached hydrogens (tertiary/aromatic N) is 3. The third-order valence-electron chi connectivity index (χ3n) is 6.56. The first-order valence-corrected chi connectivity index (χ1v) is 11.9. The van der Waals surface area contributed by atoms with Crippen LogP contribution < -0.4 is 10.2 Å². The van der Waals surface area contributed by atoms with Gasteiger partial charge in [0.15, 0.2) is 6.23 Å². The molecule has 1 unspecified atom stereocenters. The van der Waals surface area contributed by atoms with Gasteiger partial charge in [0.1, 0.15) is 5.54 Å². The molecule has 2 aliphatic heterocycles. The van der Waals surface area contributed by atoms with E-state index in [4.69, 9.17) is 9.47 Å². The molecule has 2 aromatic carbocycles. The molecular formula is C24H27BrN4O4. The summed E-state index contributed by atoms with van der Waals surface area (Å²) in [6.45, 7) is 3.22. The molecule has 33 heavy (non-hydrogen) atoms. The monoisotopic (exact) mass is 514 g/mol. The molecule has 5 rings (SSSR count). The Labute approximate surface area is 201 Å². The molecule has 0 spiro atoms. The van der Waals surface area contributed by atoms with Gasteiger partial charge in [-0.2, -0.15) is 0 Å². The Kier molecular flexibility index (Phi) is 6.24. The minimum absolute atomic E-state index is 0.00181. The maximum Gasteiger partial charge on any atom is 0.244 e. The fourth-order valence-electron chi connectivity index (χ4n) is 4.55. The predicted octanol–water partition coefficient (Wildman–Crippen LogP) is 3.57. The van der Waals surface area contributed by atoms with Crippen LogP contribution in [0.5, 0.6) is 0 Å². The fraction of sp³-hybridized carbons (Fsp3) is 0.417. The number of aliphatic hydroxyl groups excluding tert-OH is 1. The molecule has 9 heteroatoms. The Morgan fingerprint density at radius 3 is 2.79 bits per heavy atom. The number of ether oxygens (including phenoxy) is 2. The van der Waals surface area contributed by atoms with E-state index in [0.717, 1.165) is 52.9 Å². The van der Waals surface area contributed by atoms with Crippen LogP contribution in [0.4, 0.5) is 17.1 Å². The number of fused-ring (bicyclic) bond motifs is 1. The van der Waals surface area contributed by atoms with Crippen LogP contribution >= 0.6 is 15.9 Å². The maximum atomic E-state index is 13.4. The van der Waals surface area contributed by atoms with Gasteiger partial charge in [-0.3, -0.25) is 9.69 Å². The van der Waals surface area contributed by atoms with Crippen molar-refractivity contribution in [1.82, 2.24) is 4.90 Å². The molecule has 2 fully saturated rings. The summed E-state index contributed by atoms with van der Waals surface area (Å²) in [5, 5.41) is 14.2. The Morgan fingerprint density at radius 2 is 2.06 bits per heavy atom. The molecule has 0 radical (unpaired) electrons. The maximum absolute atomic E-state index is 13.4. The average molecular weight is 515 g/mol. The van der Waals surface area contributed by atoms with Gasteiger partial charge in [0.2, 0.25) is 5.91 Å². The van der Waals surface area contributed by atoms with Gasteiger partial charge in [-0.15, -0.1) is 0 Å². The number of methoxy groups -OCH3 is 1. The van der Waals surface area contributed by atoms with Crippen LogP contribution in [0.15, 0.2) is 45.9 Å². The van der Waals surface area contributed by atoms with E-state index in [9.17, 15) is 9.90 Å². The normalized spacial score (nSPS) is 21.5. The molecule has 0 bridgehead atoms. The summed E-state index contributed by atoms with van der Waals surface area (Å²) >= 11 is 3.44. The highest BCUT2D eigenvalue weighted by atomic mass is 79.9. The standard InChI is InChI=1S/C24H27BrN4O4/c1-32-14-16-2-4-18(29-15-26-21-12-17(25)3-5-19(21)22(29)30)13-20(16)27-23(31)24(6-7-24)28-8-10-33-11-9-28/h2-5,12-13,15,22,30H,6-11,14H2,1H3,(H,27,31). The number of amides is 1. The number of benzene rings is 2. The lowest BCUT2D eigenvalue weighted by Gasteiger charge is -2.34. The molecule has 174 valence electrons. The van der Waals surface area contributed by atoms with Crippen molar-refractivity contribution >= 4 is 45.2 Å². The Hall–Kier alpha value is -2.30. The fourth-order valence-corrected chi connectivity index (χ4v) is 4.90. The SMILES string of the molecule is COCc1ccc(N2C=Nc3cc(Br)ccc3C2O)cc1NC(=O)C1(N2CCOCC2)CC1. The molecule has 8 nitrogen and oxygen atoms in total. The topological polar surface area (TPSA) is 86.6 Å².